The monoisotopic (exact) mass is 334 g/mol. The van der Waals surface area contributed by atoms with Crippen molar-refractivity contribution in [1.29, 1.82) is 0 Å². The average molecular weight is 334 g/mol. The van der Waals surface area contributed by atoms with Crippen LogP contribution < -0.4 is 15.4 Å². The lowest BCUT2D eigenvalue weighted by atomic mass is 10.1. The third-order valence-electron chi connectivity index (χ3n) is 3.49. The van der Waals surface area contributed by atoms with Crippen LogP contribution in [0.5, 0.6) is 5.75 Å². The maximum atomic E-state index is 12.1. The lowest BCUT2D eigenvalue weighted by Gasteiger charge is -2.15. The molecule has 2 aromatic rings. The first-order chi connectivity index (χ1) is 11.5. The summed E-state index contributed by atoms with van der Waals surface area (Å²) in [6.45, 7) is -0.466. The number of carbonyl (C=O) groups excluding carboxylic acids is 1. The van der Waals surface area contributed by atoms with E-state index in [9.17, 15) is 13.6 Å². The van der Waals surface area contributed by atoms with Crippen molar-refractivity contribution < 1.29 is 18.3 Å². The molecule has 0 saturated heterocycles. The van der Waals surface area contributed by atoms with Crippen LogP contribution in [-0.2, 0) is 6.42 Å². The minimum atomic E-state index is -2.83. The number of nitrogens with one attached hydrogen (secondary N) is 2. The number of carbonyl (C=O) groups is 1. The molecule has 0 aliphatic heterocycles. The Hall–Kier alpha value is -2.63. The van der Waals surface area contributed by atoms with Gasteiger partial charge in [-0.25, -0.2) is 4.79 Å². The molecule has 0 saturated carbocycles. The van der Waals surface area contributed by atoms with E-state index in [1.807, 2.05) is 37.3 Å². The van der Waals surface area contributed by atoms with Gasteiger partial charge in [-0.2, -0.15) is 8.78 Å². The zero-order chi connectivity index (χ0) is 17.4. The van der Waals surface area contributed by atoms with Gasteiger partial charge in [0.1, 0.15) is 5.75 Å². The zero-order valence-electron chi connectivity index (χ0n) is 13.3. The van der Waals surface area contributed by atoms with E-state index in [1.54, 1.807) is 12.1 Å². The smallest absolute Gasteiger partial charge is 0.387 e. The van der Waals surface area contributed by atoms with Gasteiger partial charge < -0.3 is 15.4 Å². The molecule has 4 nitrogen and oxygen atoms in total. The van der Waals surface area contributed by atoms with Crippen LogP contribution >= 0.6 is 0 Å². The molecule has 1 unspecified atom stereocenters. The number of hydrogen-bond donors (Lipinski definition) is 2. The Kier molecular flexibility index (Phi) is 6.54. The number of rotatable bonds is 7. The van der Waals surface area contributed by atoms with Crippen LogP contribution in [0, 0.1) is 0 Å². The van der Waals surface area contributed by atoms with Crippen molar-refractivity contribution in [2.75, 3.05) is 6.54 Å². The van der Waals surface area contributed by atoms with Crippen LogP contribution in [0.4, 0.5) is 13.6 Å². The molecule has 2 aromatic carbocycles. The second-order valence-electron chi connectivity index (χ2n) is 5.31. The molecule has 0 aromatic heterocycles. The lowest BCUT2D eigenvalue weighted by Crippen LogP contribution is -2.38. The normalized spacial score (nSPS) is 11.8. The molecule has 0 aliphatic rings. The summed E-state index contributed by atoms with van der Waals surface area (Å²) in [5.74, 6) is 0.121. The Labute approximate surface area is 139 Å². The van der Waals surface area contributed by atoms with Crippen molar-refractivity contribution in [3.63, 3.8) is 0 Å². The average Bonchev–Trinajstić information content (AvgIpc) is 2.57. The molecule has 0 fully saturated rings. The number of hydrogen-bond acceptors (Lipinski definition) is 2. The maximum absolute atomic E-state index is 12.1. The van der Waals surface area contributed by atoms with Crippen LogP contribution in [-0.4, -0.2) is 19.2 Å². The Balaban J connectivity index is 1.72. The molecule has 1 atom stereocenters. The van der Waals surface area contributed by atoms with Gasteiger partial charge in [-0.1, -0.05) is 42.5 Å². The van der Waals surface area contributed by atoms with Gasteiger partial charge in [0.15, 0.2) is 0 Å². The van der Waals surface area contributed by atoms with Crippen LogP contribution in [0.15, 0.2) is 54.6 Å². The van der Waals surface area contributed by atoms with Gasteiger partial charge in [-0.05, 0) is 36.6 Å². The van der Waals surface area contributed by atoms with E-state index in [4.69, 9.17) is 0 Å². The molecule has 0 heterocycles. The molecule has 2 amide bonds. The third kappa shape index (κ3) is 5.87. The highest BCUT2D eigenvalue weighted by Gasteiger charge is 2.08. The molecule has 0 spiro atoms. The second kappa shape index (κ2) is 8.86. The third-order valence-corrected chi connectivity index (χ3v) is 3.49. The van der Waals surface area contributed by atoms with Crippen LogP contribution in [0.2, 0.25) is 0 Å². The fraction of sp³-hybridized carbons (Fsp3) is 0.278. The van der Waals surface area contributed by atoms with Crippen molar-refractivity contribution in [1.82, 2.24) is 10.6 Å². The topological polar surface area (TPSA) is 50.4 Å². The van der Waals surface area contributed by atoms with Crippen LogP contribution in [0.3, 0.4) is 0 Å². The number of benzene rings is 2. The molecule has 0 aliphatic carbocycles. The fourth-order valence-corrected chi connectivity index (χ4v) is 2.23. The highest BCUT2D eigenvalue weighted by molar-refractivity contribution is 5.74. The van der Waals surface area contributed by atoms with E-state index < -0.39 is 6.61 Å². The van der Waals surface area contributed by atoms with Crippen LogP contribution in [0.25, 0.3) is 0 Å². The van der Waals surface area contributed by atoms with Crippen molar-refractivity contribution >= 4 is 6.03 Å². The Morgan fingerprint density at radius 3 is 2.38 bits per heavy atom. The first-order valence-corrected chi connectivity index (χ1v) is 7.67. The van der Waals surface area contributed by atoms with E-state index >= 15 is 0 Å². The van der Waals surface area contributed by atoms with Crippen molar-refractivity contribution in [3.05, 3.63) is 65.7 Å². The molecule has 0 bridgehead atoms. The first kappa shape index (κ1) is 17.7. The number of halogens is 2. The summed E-state index contributed by atoms with van der Waals surface area (Å²) in [5, 5.41) is 5.64. The summed E-state index contributed by atoms with van der Waals surface area (Å²) in [6, 6.07) is 15.7. The van der Waals surface area contributed by atoms with Gasteiger partial charge in [0, 0.05) is 6.54 Å². The zero-order valence-corrected chi connectivity index (χ0v) is 13.3. The van der Waals surface area contributed by atoms with Crippen molar-refractivity contribution in [3.8, 4) is 5.75 Å². The molecule has 128 valence electrons. The van der Waals surface area contributed by atoms with E-state index in [1.165, 1.54) is 12.1 Å². The standard InChI is InChI=1S/C18H20F2N2O2/c1-13(15-5-3-2-4-6-15)22-18(23)21-12-11-14-7-9-16(10-8-14)24-17(19)20/h2-10,13,17H,11-12H2,1H3,(H2,21,22,23). The Bertz CT molecular complexity index is 633. The van der Waals surface area contributed by atoms with Gasteiger partial charge in [0.25, 0.3) is 0 Å². The number of urea groups is 1. The van der Waals surface area contributed by atoms with Crippen LogP contribution in [0.1, 0.15) is 24.1 Å². The lowest BCUT2D eigenvalue weighted by molar-refractivity contribution is -0.0498. The summed E-state index contributed by atoms with van der Waals surface area (Å²) in [4.78, 5) is 11.9. The number of alkyl halides is 2. The predicted octanol–water partition coefficient (Wildman–Crippen LogP) is 3.89. The highest BCUT2D eigenvalue weighted by atomic mass is 19.3. The van der Waals surface area contributed by atoms with Crippen molar-refractivity contribution in [2.45, 2.75) is 26.0 Å². The molecular weight excluding hydrogens is 314 g/mol. The molecular formula is C18H20F2N2O2. The van der Waals surface area contributed by atoms with E-state index in [0.29, 0.717) is 13.0 Å². The number of ether oxygens (including phenoxy) is 1. The minimum absolute atomic E-state index is 0.0861. The van der Waals surface area contributed by atoms with Gasteiger partial charge in [-0.3, -0.25) is 0 Å². The molecule has 2 N–H and O–H groups in total. The second-order valence-corrected chi connectivity index (χ2v) is 5.31. The van der Waals surface area contributed by atoms with Gasteiger partial charge in [0.2, 0.25) is 0 Å². The summed E-state index contributed by atoms with van der Waals surface area (Å²) >= 11 is 0. The maximum Gasteiger partial charge on any atom is 0.387 e. The van der Waals surface area contributed by atoms with Gasteiger partial charge in [-0.15, -0.1) is 0 Å². The molecule has 24 heavy (non-hydrogen) atoms. The minimum Gasteiger partial charge on any atom is -0.435 e. The molecule has 0 radical (unpaired) electrons. The SMILES string of the molecule is CC(NC(=O)NCCc1ccc(OC(F)F)cc1)c1ccccc1. The summed E-state index contributed by atoms with van der Waals surface area (Å²) in [6.07, 6.45) is 0.599. The predicted molar refractivity (Wildman–Crippen MR) is 88.2 cm³/mol. The largest absolute Gasteiger partial charge is 0.435 e. The molecule has 2 rings (SSSR count). The fourth-order valence-electron chi connectivity index (χ4n) is 2.23. The quantitative estimate of drug-likeness (QED) is 0.807. The van der Waals surface area contributed by atoms with Gasteiger partial charge in [0.05, 0.1) is 6.04 Å². The summed E-state index contributed by atoms with van der Waals surface area (Å²) < 4.78 is 28.4. The molecule has 6 heteroatoms. The summed E-state index contributed by atoms with van der Waals surface area (Å²) in [7, 11) is 0. The Morgan fingerprint density at radius 2 is 1.75 bits per heavy atom. The van der Waals surface area contributed by atoms with Crippen molar-refractivity contribution in [2.24, 2.45) is 0 Å². The number of amides is 2. The van der Waals surface area contributed by atoms with Gasteiger partial charge >= 0.3 is 12.6 Å². The summed E-state index contributed by atoms with van der Waals surface area (Å²) in [5.41, 5.74) is 1.95. The first-order valence-electron chi connectivity index (χ1n) is 7.67. The Morgan fingerprint density at radius 1 is 1.08 bits per heavy atom. The van der Waals surface area contributed by atoms with E-state index in [2.05, 4.69) is 15.4 Å². The van der Waals surface area contributed by atoms with E-state index in [-0.39, 0.29) is 17.8 Å². The highest BCUT2D eigenvalue weighted by Crippen LogP contribution is 2.15. The van der Waals surface area contributed by atoms with E-state index in [0.717, 1.165) is 11.1 Å².